The Morgan fingerprint density at radius 2 is 2.00 bits per heavy atom. The molecule has 0 radical (unpaired) electrons. The number of methoxy groups -OCH3 is 1. The Morgan fingerprint density at radius 1 is 1.21 bits per heavy atom. The first-order chi connectivity index (χ1) is 13.9. The first kappa shape index (κ1) is 21.0. The Kier molecular flexibility index (Phi) is 6.66. The van der Waals surface area contributed by atoms with Crippen LogP contribution in [0.25, 0.3) is 0 Å². The maximum absolute atomic E-state index is 12.2. The van der Waals surface area contributed by atoms with E-state index in [1.165, 1.54) is 25.4 Å². The van der Waals surface area contributed by atoms with E-state index < -0.39 is 5.97 Å². The molecule has 6 nitrogen and oxygen atoms in total. The van der Waals surface area contributed by atoms with Crippen LogP contribution in [0.1, 0.15) is 28.5 Å². The lowest BCUT2D eigenvalue weighted by Gasteiger charge is -2.18. The van der Waals surface area contributed by atoms with Crippen molar-refractivity contribution in [3.05, 3.63) is 69.1 Å². The van der Waals surface area contributed by atoms with E-state index in [2.05, 4.69) is 20.9 Å². The molecule has 0 atom stereocenters. The molecule has 0 aliphatic heterocycles. The third-order valence-corrected chi connectivity index (χ3v) is 5.53. The topological polar surface area (TPSA) is 68.7 Å². The molecule has 2 aromatic carbocycles. The van der Waals surface area contributed by atoms with Gasteiger partial charge in [-0.25, -0.2) is 9.78 Å². The second kappa shape index (κ2) is 9.19. The fourth-order valence-electron chi connectivity index (χ4n) is 2.67. The van der Waals surface area contributed by atoms with Crippen molar-refractivity contribution in [1.82, 2.24) is 4.98 Å². The van der Waals surface area contributed by atoms with Crippen molar-refractivity contribution >= 4 is 50.0 Å². The van der Waals surface area contributed by atoms with E-state index in [0.29, 0.717) is 26.6 Å². The average molecular weight is 475 g/mol. The Morgan fingerprint density at radius 3 is 2.66 bits per heavy atom. The van der Waals surface area contributed by atoms with Crippen LogP contribution in [0.4, 0.5) is 10.8 Å². The number of nitrogens with zero attached hydrogens (tertiary/aromatic N) is 2. The van der Waals surface area contributed by atoms with Gasteiger partial charge in [0, 0.05) is 12.3 Å². The second-order valence-corrected chi connectivity index (χ2v) is 7.93. The van der Waals surface area contributed by atoms with Crippen LogP contribution in [0.5, 0.6) is 5.75 Å². The minimum atomic E-state index is -0.415. The van der Waals surface area contributed by atoms with Crippen molar-refractivity contribution in [1.29, 1.82) is 0 Å². The van der Waals surface area contributed by atoms with E-state index >= 15 is 0 Å². The molecule has 1 amide bonds. The van der Waals surface area contributed by atoms with Gasteiger partial charge in [0.15, 0.2) is 5.13 Å². The molecule has 0 saturated carbocycles. The molecule has 3 aromatic rings. The molecule has 0 saturated heterocycles. The van der Waals surface area contributed by atoms with Gasteiger partial charge in [0.05, 0.1) is 28.5 Å². The lowest BCUT2D eigenvalue weighted by Crippen LogP contribution is -2.22. The van der Waals surface area contributed by atoms with Gasteiger partial charge >= 0.3 is 5.97 Å². The predicted molar refractivity (Wildman–Crippen MR) is 116 cm³/mol. The first-order valence-electron chi connectivity index (χ1n) is 8.71. The molecule has 8 heteroatoms. The van der Waals surface area contributed by atoms with Crippen molar-refractivity contribution in [3.8, 4) is 5.75 Å². The summed E-state index contributed by atoms with van der Waals surface area (Å²) in [6, 6.07) is 12.7. The number of benzene rings is 2. The monoisotopic (exact) mass is 474 g/mol. The molecule has 0 spiro atoms. The molecule has 0 aliphatic rings. The Bertz CT molecular complexity index is 1050. The number of halogens is 1. The number of esters is 1. The molecule has 0 unspecified atom stereocenters. The number of thiazole rings is 1. The highest BCUT2D eigenvalue weighted by Crippen LogP contribution is 2.31. The maximum atomic E-state index is 12.2. The number of anilines is 2. The first-order valence-corrected chi connectivity index (χ1v) is 10.4. The quantitative estimate of drug-likeness (QED) is 0.455. The zero-order chi connectivity index (χ0) is 21.0. The minimum absolute atomic E-state index is 0.112. The van der Waals surface area contributed by atoms with Crippen molar-refractivity contribution in [3.63, 3.8) is 0 Å². The standard InChI is InChI=1S/C21H19BrN2O4S/c1-13-5-4-6-17(9-13)24(14(2)25)21-23-16(12-29-21)11-28-19-8-7-15(10-18(19)22)20(26)27-3/h4-10,12H,11H2,1-3H3. The lowest BCUT2D eigenvalue weighted by molar-refractivity contribution is -0.115. The number of hydrogen-bond acceptors (Lipinski definition) is 6. The van der Waals surface area contributed by atoms with Crippen LogP contribution in [0.15, 0.2) is 52.3 Å². The SMILES string of the molecule is COC(=O)c1ccc(OCc2csc(N(C(C)=O)c3cccc(C)c3)n2)c(Br)c1. The number of aromatic nitrogens is 1. The molecule has 29 heavy (non-hydrogen) atoms. The normalized spacial score (nSPS) is 10.5. The largest absolute Gasteiger partial charge is 0.486 e. The van der Waals surface area contributed by atoms with Gasteiger partial charge in [-0.05, 0) is 58.7 Å². The number of carbonyl (C=O) groups excluding carboxylic acids is 2. The van der Waals surface area contributed by atoms with Crippen LogP contribution in [-0.2, 0) is 16.1 Å². The van der Waals surface area contributed by atoms with Gasteiger partial charge < -0.3 is 9.47 Å². The summed E-state index contributed by atoms with van der Waals surface area (Å²) in [7, 11) is 1.33. The summed E-state index contributed by atoms with van der Waals surface area (Å²) >= 11 is 4.78. The summed E-state index contributed by atoms with van der Waals surface area (Å²) in [5.41, 5.74) is 2.97. The van der Waals surface area contributed by atoms with E-state index in [1.54, 1.807) is 23.1 Å². The number of aryl methyl sites for hydroxylation is 1. The maximum Gasteiger partial charge on any atom is 0.337 e. The second-order valence-electron chi connectivity index (χ2n) is 6.24. The van der Waals surface area contributed by atoms with Gasteiger partial charge in [0.2, 0.25) is 5.91 Å². The zero-order valence-electron chi connectivity index (χ0n) is 16.1. The highest BCUT2D eigenvalue weighted by molar-refractivity contribution is 9.10. The summed E-state index contributed by atoms with van der Waals surface area (Å²) in [4.78, 5) is 29.9. The minimum Gasteiger partial charge on any atom is -0.486 e. The highest BCUT2D eigenvalue weighted by atomic mass is 79.9. The number of ether oxygens (including phenoxy) is 2. The van der Waals surface area contributed by atoms with E-state index in [1.807, 2.05) is 36.6 Å². The number of amides is 1. The summed E-state index contributed by atoms with van der Waals surface area (Å²) in [6.07, 6.45) is 0. The average Bonchev–Trinajstić information content (AvgIpc) is 3.14. The molecule has 0 fully saturated rings. The summed E-state index contributed by atoms with van der Waals surface area (Å²) in [6.45, 7) is 3.72. The molecule has 0 N–H and O–H groups in total. The molecule has 0 bridgehead atoms. The van der Waals surface area contributed by atoms with Crippen molar-refractivity contribution in [2.75, 3.05) is 12.0 Å². The predicted octanol–water partition coefficient (Wildman–Crippen LogP) is 5.26. The van der Waals surface area contributed by atoms with E-state index in [0.717, 1.165) is 11.3 Å². The van der Waals surface area contributed by atoms with Crippen LogP contribution in [0, 0.1) is 6.92 Å². The van der Waals surface area contributed by atoms with Gasteiger partial charge in [-0.3, -0.25) is 9.69 Å². The summed E-state index contributed by atoms with van der Waals surface area (Å²) in [5.74, 6) is 0.0507. The van der Waals surface area contributed by atoms with Gasteiger partial charge in [-0.1, -0.05) is 12.1 Å². The molecule has 1 aromatic heterocycles. The van der Waals surface area contributed by atoms with Crippen LogP contribution < -0.4 is 9.64 Å². The molecule has 1 heterocycles. The fraction of sp³-hybridized carbons (Fsp3) is 0.190. The molecule has 150 valence electrons. The number of hydrogen-bond donors (Lipinski definition) is 0. The van der Waals surface area contributed by atoms with Gasteiger partial charge in [0.1, 0.15) is 12.4 Å². The van der Waals surface area contributed by atoms with Crippen LogP contribution >= 0.6 is 27.3 Å². The van der Waals surface area contributed by atoms with Crippen molar-refractivity contribution < 1.29 is 19.1 Å². The Balaban J connectivity index is 1.74. The summed E-state index contributed by atoms with van der Waals surface area (Å²) in [5, 5.41) is 2.44. The molecular weight excluding hydrogens is 456 g/mol. The Labute approximate surface area is 181 Å². The number of carbonyl (C=O) groups is 2. The van der Waals surface area contributed by atoms with E-state index in [4.69, 9.17) is 9.47 Å². The van der Waals surface area contributed by atoms with Gasteiger partial charge in [-0.2, -0.15) is 0 Å². The smallest absolute Gasteiger partial charge is 0.337 e. The lowest BCUT2D eigenvalue weighted by atomic mass is 10.2. The molecule has 3 rings (SSSR count). The third-order valence-electron chi connectivity index (χ3n) is 4.03. The fourth-order valence-corrected chi connectivity index (χ4v) is 4.04. The molecular formula is C21H19BrN2O4S. The Hall–Kier alpha value is -2.71. The number of rotatable bonds is 6. The zero-order valence-corrected chi connectivity index (χ0v) is 18.5. The van der Waals surface area contributed by atoms with Gasteiger partial charge in [-0.15, -0.1) is 11.3 Å². The van der Waals surface area contributed by atoms with Crippen LogP contribution in [0.3, 0.4) is 0 Å². The van der Waals surface area contributed by atoms with Crippen molar-refractivity contribution in [2.24, 2.45) is 0 Å². The van der Waals surface area contributed by atoms with E-state index in [-0.39, 0.29) is 12.5 Å². The van der Waals surface area contributed by atoms with Gasteiger partial charge in [0.25, 0.3) is 0 Å². The van der Waals surface area contributed by atoms with Crippen LogP contribution in [-0.4, -0.2) is 24.0 Å². The third kappa shape index (κ3) is 5.02. The van der Waals surface area contributed by atoms with E-state index in [9.17, 15) is 9.59 Å². The van der Waals surface area contributed by atoms with Crippen LogP contribution in [0.2, 0.25) is 0 Å². The summed E-state index contributed by atoms with van der Waals surface area (Å²) < 4.78 is 11.2. The molecule has 0 aliphatic carbocycles. The highest BCUT2D eigenvalue weighted by Gasteiger charge is 2.18. The van der Waals surface area contributed by atoms with Crippen molar-refractivity contribution in [2.45, 2.75) is 20.5 Å².